The van der Waals surface area contributed by atoms with Crippen LogP contribution in [0.1, 0.15) is 24.9 Å². The number of hydrogen-bond acceptors (Lipinski definition) is 4. The van der Waals surface area contributed by atoms with Crippen molar-refractivity contribution in [1.29, 1.82) is 0 Å². The van der Waals surface area contributed by atoms with E-state index in [4.69, 9.17) is 5.11 Å². The van der Waals surface area contributed by atoms with Gasteiger partial charge in [0, 0.05) is 18.2 Å². The third-order valence-corrected chi connectivity index (χ3v) is 2.26. The van der Waals surface area contributed by atoms with Gasteiger partial charge in [-0.05, 0) is 38.1 Å². The van der Waals surface area contributed by atoms with Gasteiger partial charge in [0.15, 0.2) is 0 Å². The average molecular weight is 211 g/mol. The van der Waals surface area contributed by atoms with Crippen molar-refractivity contribution < 1.29 is 15.3 Å². The third-order valence-electron chi connectivity index (χ3n) is 2.26. The fourth-order valence-electron chi connectivity index (χ4n) is 1.40. The molecule has 1 rings (SSSR count). The summed E-state index contributed by atoms with van der Waals surface area (Å²) in [5.41, 5.74) is 0.660. The van der Waals surface area contributed by atoms with Crippen LogP contribution in [0.15, 0.2) is 18.2 Å². The number of phenolic OH excluding ortho intramolecular Hbond substituents is 2. The summed E-state index contributed by atoms with van der Waals surface area (Å²) in [6.07, 6.45) is 0.671. The molecule has 4 nitrogen and oxygen atoms in total. The number of rotatable bonds is 5. The van der Waals surface area contributed by atoms with Crippen LogP contribution in [0.2, 0.25) is 0 Å². The van der Waals surface area contributed by atoms with E-state index in [9.17, 15) is 10.2 Å². The van der Waals surface area contributed by atoms with Gasteiger partial charge in [-0.25, -0.2) is 0 Å². The highest BCUT2D eigenvalue weighted by Crippen LogP contribution is 2.27. The number of benzene rings is 1. The lowest BCUT2D eigenvalue weighted by Crippen LogP contribution is -2.20. The molecule has 0 heterocycles. The van der Waals surface area contributed by atoms with Gasteiger partial charge in [0.05, 0.1) is 0 Å². The summed E-state index contributed by atoms with van der Waals surface area (Å²) in [6, 6.07) is 4.39. The molecule has 15 heavy (non-hydrogen) atoms. The molecule has 4 N–H and O–H groups in total. The first-order valence-electron chi connectivity index (χ1n) is 5.01. The molecule has 84 valence electrons. The monoisotopic (exact) mass is 211 g/mol. The number of aromatic hydroxyl groups is 2. The molecule has 4 heteroatoms. The van der Waals surface area contributed by atoms with E-state index in [2.05, 4.69) is 5.32 Å². The first-order chi connectivity index (χ1) is 7.15. The van der Waals surface area contributed by atoms with Gasteiger partial charge in [0.1, 0.15) is 11.5 Å². The van der Waals surface area contributed by atoms with E-state index in [0.717, 1.165) is 0 Å². The lowest BCUT2D eigenvalue weighted by atomic mass is 10.1. The van der Waals surface area contributed by atoms with Crippen LogP contribution in [0.3, 0.4) is 0 Å². The Morgan fingerprint density at radius 3 is 2.73 bits per heavy atom. The highest BCUT2D eigenvalue weighted by molar-refractivity contribution is 5.40. The Morgan fingerprint density at radius 2 is 2.07 bits per heavy atom. The van der Waals surface area contributed by atoms with Crippen LogP contribution in [-0.4, -0.2) is 28.5 Å². The molecule has 0 aliphatic carbocycles. The molecule has 0 aromatic heterocycles. The Kier molecular flexibility index (Phi) is 4.39. The summed E-state index contributed by atoms with van der Waals surface area (Å²) in [7, 11) is 0. The molecule has 1 aromatic carbocycles. The van der Waals surface area contributed by atoms with Gasteiger partial charge in [0.25, 0.3) is 0 Å². The van der Waals surface area contributed by atoms with Crippen molar-refractivity contribution in [1.82, 2.24) is 5.32 Å². The second kappa shape index (κ2) is 5.58. The molecule has 1 aromatic rings. The number of nitrogens with one attached hydrogen (secondary N) is 1. The Bertz CT molecular complexity index is 315. The summed E-state index contributed by atoms with van der Waals surface area (Å²) < 4.78 is 0. The fourth-order valence-corrected chi connectivity index (χ4v) is 1.40. The van der Waals surface area contributed by atoms with Crippen LogP contribution in [0.25, 0.3) is 0 Å². The molecule has 0 fully saturated rings. The minimum absolute atomic E-state index is 0.0522. The van der Waals surface area contributed by atoms with E-state index < -0.39 is 0 Å². The van der Waals surface area contributed by atoms with Gasteiger partial charge in [-0.15, -0.1) is 0 Å². The molecule has 1 atom stereocenters. The highest BCUT2D eigenvalue weighted by Gasteiger charge is 2.09. The second-order valence-corrected chi connectivity index (χ2v) is 3.50. The minimum atomic E-state index is -0.0522. The van der Waals surface area contributed by atoms with Crippen molar-refractivity contribution in [2.24, 2.45) is 0 Å². The molecular weight excluding hydrogens is 194 g/mol. The average Bonchev–Trinajstić information content (AvgIpc) is 2.22. The molecule has 0 aliphatic rings. The van der Waals surface area contributed by atoms with Crippen LogP contribution in [0, 0.1) is 0 Å². The van der Waals surface area contributed by atoms with Gasteiger partial charge in [0.2, 0.25) is 0 Å². The maximum absolute atomic E-state index is 9.56. The van der Waals surface area contributed by atoms with Crippen LogP contribution < -0.4 is 5.32 Å². The first kappa shape index (κ1) is 11.8. The van der Waals surface area contributed by atoms with Crippen molar-refractivity contribution in [2.75, 3.05) is 13.2 Å². The quantitative estimate of drug-likeness (QED) is 0.435. The van der Waals surface area contributed by atoms with Crippen molar-refractivity contribution >= 4 is 0 Å². The normalized spacial score (nSPS) is 12.7. The lowest BCUT2D eigenvalue weighted by Gasteiger charge is -2.15. The summed E-state index contributed by atoms with van der Waals surface area (Å²) in [4.78, 5) is 0. The number of phenols is 2. The summed E-state index contributed by atoms with van der Waals surface area (Å²) in [5.74, 6) is 0.301. The maximum atomic E-state index is 9.56. The first-order valence-corrected chi connectivity index (χ1v) is 5.01. The van der Waals surface area contributed by atoms with Crippen molar-refractivity contribution in [2.45, 2.75) is 19.4 Å². The summed E-state index contributed by atoms with van der Waals surface area (Å²) in [5, 5.41) is 30.6. The van der Waals surface area contributed by atoms with Gasteiger partial charge < -0.3 is 20.6 Å². The standard InChI is InChI=1S/C11H17NO3/c1-8(12-5-2-6-13)10-7-9(14)3-4-11(10)15/h3-4,7-8,12-15H,2,5-6H2,1H3. The van der Waals surface area contributed by atoms with Gasteiger partial charge in [-0.2, -0.15) is 0 Å². The Morgan fingerprint density at radius 1 is 1.33 bits per heavy atom. The molecule has 1 unspecified atom stereocenters. The third kappa shape index (κ3) is 3.42. The van der Waals surface area contributed by atoms with Gasteiger partial charge in [-0.3, -0.25) is 0 Å². The van der Waals surface area contributed by atoms with Crippen LogP contribution in [0.5, 0.6) is 11.5 Å². The second-order valence-electron chi connectivity index (χ2n) is 3.50. The molecule has 0 bridgehead atoms. The van der Waals surface area contributed by atoms with Crippen molar-refractivity contribution in [3.8, 4) is 11.5 Å². The molecule has 0 radical (unpaired) electrons. The number of hydrogen-bond donors (Lipinski definition) is 4. The van der Waals surface area contributed by atoms with E-state index in [1.165, 1.54) is 18.2 Å². The lowest BCUT2D eigenvalue weighted by molar-refractivity contribution is 0.283. The SMILES string of the molecule is CC(NCCCO)c1cc(O)ccc1O. The van der Waals surface area contributed by atoms with E-state index in [0.29, 0.717) is 18.5 Å². The number of aliphatic hydroxyl groups is 1. The van der Waals surface area contributed by atoms with E-state index in [1.54, 1.807) is 0 Å². The Balaban J connectivity index is 2.64. The highest BCUT2D eigenvalue weighted by atomic mass is 16.3. The number of aliphatic hydroxyl groups excluding tert-OH is 1. The van der Waals surface area contributed by atoms with E-state index in [-0.39, 0.29) is 24.1 Å². The minimum Gasteiger partial charge on any atom is -0.508 e. The predicted octanol–water partition coefficient (Wildman–Crippen LogP) is 1.13. The molecule has 0 spiro atoms. The van der Waals surface area contributed by atoms with Gasteiger partial charge >= 0.3 is 0 Å². The fraction of sp³-hybridized carbons (Fsp3) is 0.455. The zero-order valence-corrected chi connectivity index (χ0v) is 8.77. The van der Waals surface area contributed by atoms with Crippen LogP contribution in [-0.2, 0) is 0 Å². The Labute approximate surface area is 89.2 Å². The van der Waals surface area contributed by atoms with Crippen molar-refractivity contribution in [3.05, 3.63) is 23.8 Å². The molecule has 0 aliphatic heterocycles. The zero-order valence-electron chi connectivity index (χ0n) is 8.77. The largest absolute Gasteiger partial charge is 0.508 e. The topological polar surface area (TPSA) is 72.7 Å². The van der Waals surface area contributed by atoms with Gasteiger partial charge in [-0.1, -0.05) is 0 Å². The molecule has 0 saturated carbocycles. The molecule has 0 saturated heterocycles. The smallest absolute Gasteiger partial charge is 0.120 e. The van der Waals surface area contributed by atoms with Crippen molar-refractivity contribution in [3.63, 3.8) is 0 Å². The summed E-state index contributed by atoms with van der Waals surface area (Å²) in [6.45, 7) is 2.71. The molecular formula is C11H17NO3. The molecule has 0 amide bonds. The van der Waals surface area contributed by atoms with Crippen LogP contribution >= 0.6 is 0 Å². The zero-order chi connectivity index (χ0) is 11.3. The summed E-state index contributed by atoms with van der Waals surface area (Å²) >= 11 is 0. The Hall–Kier alpha value is -1.26. The maximum Gasteiger partial charge on any atom is 0.120 e. The van der Waals surface area contributed by atoms with E-state index >= 15 is 0 Å². The van der Waals surface area contributed by atoms with E-state index in [1.807, 2.05) is 6.92 Å². The van der Waals surface area contributed by atoms with Crippen LogP contribution in [0.4, 0.5) is 0 Å². The predicted molar refractivity (Wildman–Crippen MR) is 57.9 cm³/mol.